The maximum absolute atomic E-state index is 13.5. The van der Waals surface area contributed by atoms with Crippen molar-refractivity contribution >= 4 is 0 Å². The highest BCUT2D eigenvalue weighted by Crippen LogP contribution is 2.50. The monoisotopic (exact) mass is 486 g/mol. The molecule has 0 saturated carbocycles. The van der Waals surface area contributed by atoms with E-state index in [0.717, 1.165) is 42.3 Å². The fraction of sp³-hybridized carbons (Fsp3) is 0.462. The number of benzene rings is 2. The van der Waals surface area contributed by atoms with Crippen LogP contribution in [0.25, 0.3) is 5.69 Å². The summed E-state index contributed by atoms with van der Waals surface area (Å²) < 4.78 is 54.1. The SMILES string of the molecule is CC(C)Oc1ccc(-n2cnnc2C(F)(F)F)cc1[C@H]1CO[C@]2(CCCN[C@H]2c2ccccc2)C1. The number of rotatable bonds is 5. The topological polar surface area (TPSA) is 61.2 Å². The first-order valence-corrected chi connectivity index (χ1v) is 12.0. The van der Waals surface area contributed by atoms with E-state index in [0.29, 0.717) is 18.0 Å². The van der Waals surface area contributed by atoms with Crippen molar-refractivity contribution < 1.29 is 22.6 Å². The first kappa shape index (κ1) is 23.8. The van der Waals surface area contributed by atoms with Crippen LogP contribution in [0.2, 0.25) is 0 Å². The van der Waals surface area contributed by atoms with Crippen LogP contribution in [0.15, 0.2) is 54.9 Å². The van der Waals surface area contributed by atoms with E-state index >= 15 is 0 Å². The number of nitrogens with one attached hydrogen (secondary N) is 1. The van der Waals surface area contributed by atoms with Crippen molar-refractivity contribution in [1.82, 2.24) is 20.1 Å². The maximum atomic E-state index is 13.5. The van der Waals surface area contributed by atoms with Gasteiger partial charge >= 0.3 is 6.18 Å². The van der Waals surface area contributed by atoms with Crippen molar-refractivity contribution in [2.45, 2.75) is 63.0 Å². The van der Waals surface area contributed by atoms with Crippen molar-refractivity contribution in [2.24, 2.45) is 0 Å². The quantitative estimate of drug-likeness (QED) is 0.520. The zero-order valence-corrected chi connectivity index (χ0v) is 19.8. The van der Waals surface area contributed by atoms with Gasteiger partial charge in [-0.25, -0.2) is 0 Å². The van der Waals surface area contributed by atoms with E-state index < -0.39 is 12.0 Å². The Kier molecular flexibility index (Phi) is 6.31. The molecule has 0 amide bonds. The first-order valence-electron chi connectivity index (χ1n) is 12.0. The molecule has 0 radical (unpaired) electrons. The Labute approximate surface area is 202 Å². The molecule has 0 unspecified atom stereocenters. The molecule has 35 heavy (non-hydrogen) atoms. The van der Waals surface area contributed by atoms with Gasteiger partial charge in [0, 0.05) is 17.2 Å². The lowest BCUT2D eigenvalue weighted by Gasteiger charge is -2.41. The largest absolute Gasteiger partial charge is 0.491 e. The molecule has 2 fully saturated rings. The smallest absolute Gasteiger partial charge is 0.452 e. The Bertz CT molecular complexity index is 1160. The lowest BCUT2D eigenvalue weighted by molar-refractivity contribution is -0.146. The lowest BCUT2D eigenvalue weighted by Crippen LogP contribution is -2.48. The molecule has 2 aliphatic heterocycles. The molecular weight excluding hydrogens is 457 g/mol. The van der Waals surface area contributed by atoms with E-state index in [1.807, 2.05) is 32.0 Å². The summed E-state index contributed by atoms with van der Waals surface area (Å²) in [6.07, 6.45) is -0.938. The second-order valence-corrected chi connectivity index (χ2v) is 9.59. The van der Waals surface area contributed by atoms with Crippen molar-refractivity contribution in [1.29, 1.82) is 0 Å². The highest BCUT2D eigenvalue weighted by molar-refractivity contribution is 5.47. The molecule has 1 aromatic heterocycles. The average molecular weight is 487 g/mol. The third-order valence-electron chi connectivity index (χ3n) is 6.82. The van der Waals surface area contributed by atoms with Crippen LogP contribution >= 0.6 is 0 Å². The van der Waals surface area contributed by atoms with Crippen molar-refractivity contribution in [2.75, 3.05) is 13.2 Å². The standard InChI is InChI=1S/C26H29F3N4O2/c1-17(2)35-22-10-9-20(33-16-31-32-24(33)26(27,28)29)13-21(22)19-14-25(34-15-19)11-6-12-30-23(25)18-7-4-3-5-8-18/h3-5,7-10,13,16-17,19,23,30H,6,11-12,14-15H2,1-2H3/t19-,23+,25-/m1/s1. The van der Waals surface area contributed by atoms with Gasteiger partial charge in [0.25, 0.3) is 0 Å². The van der Waals surface area contributed by atoms with E-state index in [1.165, 1.54) is 5.56 Å². The zero-order valence-electron chi connectivity index (χ0n) is 19.8. The molecule has 9 heteroatoms. The normalized spacial score (nSPS) is 24.9. The molecule has 6 nitrogen and oxygen atoms in total. The number of alkyl halides is 3. The number of piperidine rings is 1. The Balaban J connectivity index is 1.51. The van der Waals surface area contributed by atoms with Crippen LogP contribution < -0.4 is 10.1 Å². The summed E-state index contributed by atoms with van der Waals surface area (Å²) in [7, 11) is 0. The summed E-state index contributed by atoms with van der Waals surface area (Å²) >= 11 is 0. The third kappa shape index (κ3) is 4.67. The fourth-order valence-electron chi connectivity index (χ4n) is 5.39. The van der Waals surface area contributed by atoms with Crippen molar-refractivity contribution in [3.63, 3.8) is 0 Å². The van der Waals surface area contributed by atoms with Crippen molar-refractivity contribution in [3.05, 3.63) is 71.8 Å². The van der Waals surface area contributed by atoms with Gasteiger partial charge in [0.2, 0.25) is 5.82 Å². The molecule has 1 spiro atoms. The molecule has 3 heterocycles. The number of hydrogen-bond donors (Lipinski definition) is 1. The molecule has 2 aromatic carbocycles. The van der Waals surface area contributed by atoms with Crippen LogP contribution in [0.5, 0.6) is 5.75 Å². The zero-order chi connectivity index (χ0) is 24.6. The predicted molar refractivity (Wildman–Crippen MR) is 125 cm³/mol. The van der Waals surface area contributed by atoms with Crippen LogP contribution in [-0.4, -0.2) is 39.6 Å². The van der Waals surface area contributed by atoms with Gasteiger partial charge in [0.15, 0.2) is 0 Å². The summed E-state index contributed by atoms with van der Waals surface area (Å²) in [5.74, 6) is -0.419. The van der Waals surface area contributed by atoms with Gasteiger partial charge in [-0.1, -0.05) is 30.3 Å². The highest BCUT2D eigenvalue weighted by atomic mass is 19.4. The second kappa shape index (κ2) is 9.28. The van der Waals surface area contributed by atoms with E-state index in [4.69, 9.17) is 9.47 Å². The van der Waals surface area contributed by atoms with E-state index in [9.17, 15) is 13.2 Å². The van der Waals surface area contributed by atoms with Gasteiger partial charge in [-0.3, -0.25) is 4.57 Å². The summed E-state index contributed by atoms with van der Waals surface area (Å²) in [6.45, 7) is 5.25. The van der Waals surface area contributed by atoms with Gasteiger partial charge in [-0.05, 0) is 63.4 Å². The predicted octanol–water partition coefficient (Wildman–Crippen LogP) is 5.44. The van der Waals surface area contributed by atoms with E-state index in [2.05, 4.69) is 27.6 Å². The number of hydrogen-bond acceptors (Lipinski definition) is 5. The molecule has 1 N–H and O–H groups in total. The molecule has 186 valence electrons. The van der Waals surface area contributed by atoms with Gasteiger partial charge < -0.3 is 14.8 Å². The molecular formula is C26H29F3N4O2. The van der Waals surface area contributed by atoms with Gasteiger partial charge in [0.1, 0.15) is 12.1 Å². The van der Waals surface area contributed by atoms with Gasteiger partial charge in [-0.15, -0.1) is 10.2 Å². The first-order chi connectivity index (χ1) is 16.8. The number of halogens is 3. The minimum absolute atomic E-state index is 0.0272. The average Bonchev–Trinajstić information content (AvgIpc) is 3.48. The number of ether oxygens (including phenoxy) is 2. The van der Waals surface area contributed by atoms with Gasteiger partial charge in [0.05, 0.1) is 24.4 Å². The Morgan fingerprint density at radius 2 is 1.97 bits per heavy atom. The maximum Gasteiger partial charge on any atom is 0.452 e. The van der Waals surface area contributed by atoms with E-state index in [1.54, 1.807) is 18.2 Å². The molecule has 2 saturated heterocycles. The van der Waals surface area contributed by atoms with Crippen LogP contribution in [0.4, 0.5) is 13.2 Å². The molecule has 2 aliphatic rings. The Morgan fingerprint density at radius 1 is 1.17 bits per heavy atom. The minimum atomic E-state index is -4.61. The highest BCUT2D eigenvalue weighted by Gasteiger charge is 2.49. The lowest BCUT2D eigenvalue weighted by atomic mass is 9.77. The third-order valence-corrected chi connectivity index (χ3v) is 6.82. The van der Waals surface area contributed by atoms with Crippen LogP contribution in [0.1, 0.15) is 62.0 Å². The Hall–Kier alpha value is -2.91. The second-order valence-electron chi connectivity index (χ2n) is 9.59. The van der Waals surface area contributed by atoms with Crippen LogP contribution in [0.3, 0.4) is 0 Å². The van der Waals surface area contributed by atoms with Crippen LogP contribution in [0, 0.1) is 0 Å². The van der Waals surface area contributed by atoms with Crippen LogP contribution in [-0.2, 0) is 10.9 Å². The molecule has 3 aromatic rings. The summed E-state index contributed by atoms with van der Waals surface area (Å²) in [5.41, 5.74) is 1.98. The van der Waals surface area contributed by atoms with Gasteiger partial charge in [-0.2, -0.15) is 13.2 Å². The molecule has 5 rings (SSSR count). The molecule has 0 aliphatic carbocycles. The van der Waals surface area contributed by atoms with Crippen molar-refractivity contribution in [3.8, 4) is 11.4 Å². The minimum Gasteiger partial charge on any atom is -0.491 e. The summed E-state index contributed by atoms with van der Waals surface area (Å²) in [6, 6.07) is 15.4. The fourth-order valence-corrected chi connectivity index (χ4v) is 5.39. The number of aromatic nitrogens is 3. The molecule has 0 bridgehead atoms. The van der Waals surface area contributed by atoms with E-state index in [-0.39, 0.29) is 23.7 Å². The molecule has 3 atom stereocenters. The summed E-state index contributed by atoms with van der Waals surface area (Å²) in [4.78, 5) is 0. The Morgan fingerprint density at radius 3 is 2.71 bits per heavy atom. The summed E-state index contributed by atoms with van der Waals surface area (Å²) in [5, 5.41) is 10.4. The number of nitrogens with zero attached hydrogens (tertiary/aromatic N) is 3.